The lowest BCUT2D eigenvalue weighted by atomic mass is 10.8. The van der Waals surface area contributed by atoms with Crippen molar-refractivity contribution in [1.29, 1.82) is 0 Å². The molecule has 0 unspecified atom stereocenters. The fourth-order valence-corrected chi connectivity index (χ4v) is 0. The Morgan fingerprint density at radius 2 is 0.250 bits per heavy atom. The Hall–Kier alpha value is -2.08. The molecule has 0 aromatic heterocycles. The smallest absolute Gasteiger partial charge is 0.0473 e. The van der Waals surface area contributed by atoms with Crippen molar-refractivity contribution >= 4 is 0 Å². The second kappa shape index (κ2) is 237. The summed E-state index contributed by atoms with van der Waals surface area (Å²) in [7, 11) is 0. The van der Waals surface area contributed by atoms with Crippen molar-refractivity contribution in [2.24, 2.45) is 0 Å². The molecule has 0 heterocycles. The van der Waals surface area contributed by atoms with Gasteiger partial charge in [-0.15, -0.1) is 52.6 Å². The van der Waals surface area contributed by atoms with Gasteiger partial charge in [0.05, 0.1) is 0 Å². The highest BCUT2D eigenvalue weighted by atomic mass is 13.3. The fourth-order valence-electron chi connectivity index (χ4n) is 0. The second-order valence-corrected chi connectivity index (χ2v) is 3.27. The minimum absolute atomic E-state index is 1.75. The van der Waals surface area contributed by atoms with E-state index in [4.69, 9.17) is 0 Å². The summed E-state index contributed by atoms with van der Waals surface area (Å²) >= 11 is 0. The normalized spacial score (nSPS) is 4.33. The SMILES string of the molecule is C=CC.C=CC.C=CC.C=CC.C=CC.C=CC.C=CC.C=CC. The zero-order valence-electron chi connectivity index (χ0n) is 18.3. The van der Waals surface area contributed by atoms with E-state index in [-0.39, 0.29) is 0 Å². The summed E-state index contributed by atoms with van der Waals surface area (Å²) in [5.41, 5.74) is 0. The zero-order chi connectivity index (χ0) is 21.7. The summed E-state index contributed by atoms with van der Waals surface area (Å²) in [6.45, 7) is 42.0. The molecule has 0 nitrogen and oxygen atoms in total. The van der Waals surface area contributed by atoms with Gasteiger partial charge in [0, 0.05) is 0 Å². The van der Waals surface area contributed by atoms with Crippen molar-refractivity contribution in [3.63, 3.8) is 0 Å². The Balaban J connectivity index is -0.0000000203. The molecule has 0 bridgehead atoms. The lowest BCUT2D eigenvalue weighted by Crippen LogP contribution is -1.07. The van der Waals surface area contributed by atoms with E-state index >= 15 is 0 Å². The van der Waals surface area contributed by atoms with Crippen LogP contribution in [-0.2, 0) is 0 Å². The summed E-state index contributed by atoms with van der Waals surface area (Å²) in [5.74, 6) is 0. The molecule has 0 aliphatic carbocycles. The molecule has 0 radical (unpaired) electrons. The molecule has 0 N–H and O–H groups in total. The van der Waals surface area contributed by atoms with Crippen LogP contribution in [-0.4, -0.2) is 0 Å². The van der Waals surface area contributed by atoms with Crippen LogP contribution in [0.2, 0.25) is 0 Å². The maximum Gasteiger partial charge on any atom is -0.0473 e. The molecule has 0 spiro atoms. The summed E-state index contributed by atoms with van der Waals surface area (Å²) in [4.78, 5) is 0. The van der Waals surface area contributed by atoms with Crippen molar-refractivity contribution < 1.29 is 0 Å². The van der Waals surface area contributed by atoms with Crippen LogP contribution in [0.5, 0.6) is 0 Å². The highest BCUT2D eigenvalue weighted by Crippen LogP contribution is 1.40. The average Bonchev–Trinajstić information content (AvgIpc) is 2.45. The summed E-state index contributed by atoms with van der Waals surface area (Å²) < 4.78 is 0. The Morgan fingerprint density at radius 3 is 0.250 bits per heavy atom. The van der Waals surface area contributed by atoms with Gasteiger partial charge >= 0.3 is 0 Å². The predicted octanol–water partition coefficient (Wildman–Crippen LogP) is 9.54. The van der Waals surface area contributed by atoms with Gasteiger partial charge < -0.3 is 0 Å². The van der Waals surface area contributed by atoms with E-state index in [0.717, 1.165) is 0 Å². The van der Waals surface area contributed by atoms with Gasteiger partial charge in [0.25, 0.3) is 0 Å². The van der Waals surface area contributed by atoms with Crippen LogP contribution in [0.4, 0.5) is 0 Å². The molecule has 0 aromatic rings. The van der Waals surface area contributed by atoms with Crippen molar-refractivity contribution in [1.82, 2.24) is 0 Å². The fraction of sp³-hybridized carbons (Fsp3) is 0.333. The molecule has 0 saturated heterocycles. The quantitative estimate of drug-likeness (QED) is 0.386. The van der Waals surface area contributed by atoms with E-state index in [1.165, 1.54) is 0 Å². The molecule has 0 aliphatic rings. The van der Waals surface area contributed by atoms with Gasteiger partial charge in [-0.25, -0.2) is 0 Å². The molecule has 0 aromatic carbocycles. The van der Waals surface area contributed by atoms with Crippen LogP contribution >= 0.6 is 0 Å². The Labute approximate surface area is 157 Å². The lowest BCUT2D eigenvalue weighted by Gasteiger charge is -1.31. The summed E-state index contributed by atoms with van der Waals surface area (Å²) in [6.07, 6.45) is 14.0. The minimum Gasteiger partial charge on any atom is -0.103 e. The highest BCUT2D eigenvalue weighted by Gasteiger charge is 1.17. The van der Waals surface area contributed by atoms with E-state index < -0.39 is 0 Å². The first kappa shape index (κ1) is 49.5. The van der Waals surface area contributed by atoms with Crippen LogP contribution in [0.3, 0.4) is 0 Å². The Bertz CT molecular complexity index is 132. The first-order chi connectivity index (χ1) is 11.3. The van der Waals surface area contributed by atoms with Crippen molar-refractivity contribution in [2.75, 3.05) is 0 Å². The largest absolute Gasteiger partial charge is 0.103 e. The van der Waals surface area contributed by atoms with Crippen LogP contribution < -0.4 is 0 Å². The van der Waals surface area contributed by atoms with Gasteiger partial charge in [-0.05, 0) is 55.4 Å². The summed E-state index contributed by atoms with van der Waals surface area (Å²) in [5, 5.41) is 0. The Morgan fingerprint density at radius 1 is 0.250 bits per heavy atom. The standard InChI is InChI=1S/8C3H6/c8*1-3-2/h8*3H,1H2,2H3. The monoisotopic (exact) mass is 336 g/mol. The molecule has 144 valence electrons. The van der Waals surface area contributed by atoms with Crippen molar-refractivity contribution in [3.8, 4) is 0 Å². The number of hydrogen-bond acceptors (Lipinski definition) is 0. The third kappa shape index (κ3) is 1650. The van der Waals surface area contributed by atoms with Crippen LogP contribution in [0.15, 0.2) is 101 Å². The molecule has 0 saturated carbocycles. The van der Waals surface area contributed by atoms with E-state index in [1.807, 2.05) is 55.4 Å². The maximum absolute atomic E-state index is 3.36. The highest BCUT2D eigenvalue weighted by molar-refractivity contribution is 4.53. The molecule has 24 heavy (non-hydrogen) atoms. The molecule has 0 atom stereocenters. The molecule has 0 heteroatoms. The van der Waals surface area contributed by atoms with E-state index in [2.05, 4.69) is 52.6 Å². The van der Waals surface area contributed by atoms with Crippen molar-refractivity contribution in [2.45, 2.75) is 55.4 Å². The van der Waals surface area contributed by atoms with Crippen LogP contribution in [0.1, 0.15) is 55.4 Å². The number of allylic oxidation sites excluding steroid dienone is 8. The lowest BCUT2D eigenvalue weighted by molar-refractivity contribution is 1.80. The molecule has 0 aliphatic heterocycles. The van der Waals surface area contributed by atoms with Gasteiger partial charge in [-0.2, -0.15) is 0 Å². The minimum atomic E-state index is 1.75. The molecule has 0 rings (SSSR count). The number of hydrogen-bond donors (Lipinski definition) is 0. The van der Waals surface area contributed by atoms with Gasteiger partial charge in [0.1, 0.15) is 0 Å². The number of rotatable bonds is 0. The second-order valence-electron chi connectivity index (χ2n) is 3.27. The van der Waals surface area contributed by atoms with E-state index in [0.29, 0.717) is 0 Å². The van der Waals surface area contributed by atoms with Gasteiger partial charge in [0.2, 0.25) is 0 Å². The zero-order valence-corrected chi connectivity index (χ0v) is 18.3. The third-order valence-corrected chi connectivity index (χ3v) is 0. The molecule has 0 amide bonds. The van der Waals surface area contributed by atoms with E-state index in [1.54, 1.807) is 48.6 Å². The molecular weight excluding hydrogens is 288 g/mol. The Kier molecular flexibility index (Phi) is 489. The topological polar surface area (TPSA) is 0 Å². The first-order valence-electron chi connectivity index (χ1n) is 7.88. The average molecular weight is 337 g/mol. The van der Waals surface area contributed by atoms with Crippen LogP contribution in [0.25, 0.3) is 0 Å². The summed E-state index contributed by atoms with van der Waals surface area (Å²) in [6, 6.07) is 0. The van der Waals surface area contributed by atoms with Gasteiger partial charge in [-0.1, -0.05) is 48.6 Å². The van der Waals surface area contributed by atoms with Gasteiger partial charge in [-0.3, -0.25) is 0 Å². The van der Waals surface area contributed by atoms with Crippen LogP contribution in [0, 0.1) is 0 Å². The maximum atomic E-state index is 3.36. The third-order valence-electron chi connectivity index (χ3n) is 0. The predicted molar refractivity (Wildman–Crippen MR) is 127 cm³/mol. The first-order valence-corrected chi connectivity index (χ1v) is 7.88. The van der Waals surface area contributed by atoms with Crippen molar-refractivity contribution in [3.05, 3.63) is 101 Å². The van der Waals surface area contributed by atoms with E-state index in [9.17, 15) is 0 Å². The van der Waals surface area contributed by atoms with Gasteiger partial charge in [0.15, 0.2) is 0 Å². The molecular formula is C24H48. The molecule has 0 fully saturated rings.